The molecule has 0 aromatic heterocycles. The molecule has 0 saturated heterocycles. The molecule has 136 valence electrons. The first-order valence-corrected chi connectivity index (χ1v) is 9.56. The molecular weight excluding hydrogens is 349 g/mol. The molecule has 1 aliphatic heterocycles. The maximum Gasteiger partial charge on any atom is 0.324 e. The Morgan fingerprint density at radius 3 is 2.52 bits per heavy atom. The average molecular weight is 369 g/mol. The molecule has 0 saturated carbocycles. The minimum atomic E-state index is -3.83. The molecule has 25 heavy (non-hydrogen) atoms. The van der Waals surface area contributed by atoms with Crippen molar-refractivity contribution >= 4 is 27.3 Å². The largest absolute Gasteiger partial charge is 0.480 e. The monoisotopic (exact) mass is 369 g/mol. The molecule has 0 aliphatic carbocycles. The van der Waals surface area contributed by atoms with Gasteiger partial charge in [-0.25, -0.2) is 12.8 Å². The van der Waals surface area contributed by atoms with Crippen LogP contribution in [0, 0.1) is 0 Å². The van der Waals surface area contributed by atoms with Gasteiger partial charge in [0.05, 0.1) is 5.71 Å². The fraction of sp³-hybridized carbons (Fsp3) is 0.412. The molecule has 0 radical (unpaired) electrons. The molecule has 0 fully saturated rings. The smallest absolute Gasteiger partial charge is 0.324 e. The van der Waals surface area contributed by atoms with Crippen molar-refractivity contribution in [1.29, 1.82) is 0 Å². The van der Waals surface area contributed by atoms with E-state index in [0.29, 0.717) is 16.8 Å². The molecule has 1 aromatic rings. The highest BCUT2D eigenvalue weighted by atomic mass is 32.2. The van der Waals surface area contributed by atoms with E-state index in [9.17, 15) is 22.7 Å². The topological polar surface area (TPSA) is 93.0 Å². The molecular formula is C17H20FNO5S. The van der Waals surface area contributed by atoms with E-state index >= 15 is 0 Å². The van der Waals surface area contributed by atoms with E-state index in [2.05, 4.69) is 5.16 Å². The Hall–Kier alpha value is -2.22. The SMILES string of the molecule is C/C=C(\F)c1ccc(C2=NO[C@@H](CC(C)(C(=O)O)S(C)(=O)=O)C2)cc1. The molecule has 2 atom stereocenters. The van der Waals surface area contributed by atoms with Gasteiger partial charge in [0, 0.05) is 24.7 Å². The van der Waals surface area contributed by atoms with E-state index in [1.165, 1.54) is 13.0 Å². The molecule has 8 heteroatoms. The van der Waals surface area contributed by atoms with Crippen LogP contribution < -0.4 is 0 Å². The Kier molecular flexibility index (Phi) is 5.31. The van der Waals surface area contributed by atoms with Crippen molar-refractivity contribution in [3.8, 4) is 0 Å². The summed E-state index contributed by atoms with van der Waals surface area (Å²) in [5.41, 5.74) is 1.73. The summed E-state index contributed by atoms with van der Waals surface area (Å²) in [6.45, 7) is 2.77. The summed E-state index contributed by atoms with van der Waals surface area (Å²) in [5, 5.41) is 13.2. The summed E-state index contributed by atoms with van der Waals surface area (Å²) in [7, 11) is -3.83. The molecule has 1 unspecified atom stereocenters. The Balaban J connectivity index is 2.12. The fourth-order valence-corrected chi connectivity index (χ4v) is 3.33. The van der Waals surface area contributed by atoms with Gasteiger partial charge in [0.25, 0.3) is 0 Å². The van der Waals surface area contributed by atoms with Crippen LogP contribution in [0.1, 0.15) is 37.8 Å². The maximum absolute atomic E-state index is 13.5. The number of hydrogen-bond donors (Lipinski definition) is 1. The summed E-state index contributed by atoms with van der Waals surface area (Å²) in [6.07, 6.45) is 1.67. The summed E-state index contributed by atoms with van der Waals surface area (Å²) in [6, 6.07) is 6.60. The summed E-state index contributed by atoms with van der Waals surface area (Å²) >= 11 is 0. The van der Waals surface area contributed by atoms with Crippen molar-refractivity contribution in [2.24, 2.45) is 5.16 Å². The number of aliphatic carboxylic acids is 1. The van der Waals surface area contributed by atoms with Gasteiger partial charge in [-0.05, 0) is 19.4 Å². The van der Waals surface area contributed by atoms with Crippen LogP contribution >= 0.6 is 0 Å². The van der Waals surface area contributed by atoms with Gasteiger partial charge >= 0.3 is 5.97 Å². The third-order valence-electron chi connectivity index (χ3n) is 4.37. The van der Waals surface area contributed by atoms with Crippen LogP contribution in [-0.2, 0) is 19.5 Å². The third-order valence-corrected chi connectivity index (χ3v) is 6.35. The van der Waals surface area contributed by atoms with E-state index in [4.69, 9.17) is 4.84 Å². The second-order valence-electron chi connectivity index (χ2n) is 6.20. The van der Waals surface area contributed by atoms with Crippen LogP contribution in [0.2, 0.25) is 0 Å². The van der Waals surface area contributed by atoms with Crippen molar-refractivity contribution < 1.29 is 27.5 Å². The first-order valence-electron chi connectivity index (χ1n) is 7.67. The highest BCUT2D eigenvalue weighted by molar-refractivity contribution is 7.92. The van der Waals surface area contributed by atoms with Crippen LogP contribution in [0.15, 0.2) is 35.5 Å². The number of carboxylic acid groups (broad SMARTS) is 1. The van der Waals surface area contributed by atoms with E-state index < -0.39 is 26.7 Å². The first kappa shape index (κ1) is 19.1. The number of nitrogens with zero attached hydrogens (tertiary/aromatic N) is 1. The second-order valence-corrected chi connectivity index (χ2v) is 8.64. The lowest BCUT2D eigenvalue weighted by atomic mass is 9.97. The van der Waals surface area contributed by atoms with Crippen molar-refractivity contribution in [3.05, 3.63) is 41.5 Å². The lowest BCUT2D eigenvalue weighted by Crippen LogP contribution is -2.45. The maximum atomic E-state index is 13.5. The fourth-order valence-electron chi connectivity index (χ4n) is 2.53. The number of halogens is 1. The highest BCUT2D eigenvalue weighted by Gasteiger charge is 2.47. The van der Waals surface area contributed by atoms with Gasteiger partial charge in [0.1, 0.15) is 11.9 Å². The van der Waals surface area contributed by atoms with Crippen LogP contribution in [0.3, 0.4) is 0 Å². The summed E-state index contributed by atoms with van der Waals surface area (Å²) < 4.78 is 35.3. The van der Waals surface area contributed by atoms with Crippen LogP contribution in [0.4, 0.5) is 4.39 Å². The number of hydrogen-bond acceptors (Lipinski definition) is 5. The van der Waals surface area contributed by atoms with Crippen molar-refractivity contribution in [1.82, 2.24) is 0 Å². The molecule has 0 bridgehead atoms. The van der Waals surface area contributed by atoms with E-state index in [0.717, 1.165) is 6.26 Å². The number of oxime groups is 1. The normalized spacial score (nSPS) is 20.6. The first-order chi connectivity index (χ1) is 11.6. The quantitative estimate of drug-likeness (QED) is 0.832. The van der Waals surface area contributed by atoms with E-state index in [1.807, 2.05) is 0 Å². The van der Waals surface area contributed by atoms with Crippen LogP contribution in [-0.4, -0.2) is 42.3 Å². The van der Waals surface area contributed by atoms with E-state index in [1.54, 1.807) is 31.2 Å². The minimum Gasteiger partial charge on any atom is -0.480 e. The zero-order chi connectivity index (χ0) is 18.8. The number of rotatable bonds is 6. The average Bonchev–Trinajstić information content (AvgIpc) is 3.01. The minimum absolute atomic E-state index is 0.209. The number of sulfone groups is 1. The van der Waals surface area contributed by atoms with Crippen molar-refractivity contribution in [2.75, 3.05) is 6.26 Å². The van der Waals surface area contributed by atoms with E-state index in [-0.39, 0.29) is 18.7 Å². The molecule has 6 nitrogen and oxygen atoms in total. The van der Waals surface area contributed by atoms with Gasteiger partial charge in [0.15, 0.2) is 14.6 Å². The van der Waals surface area contributed by atoms with Gasteiger partial charge in [-0.1, -0.05) is 35.5 Å². The second kappa shape index (κ2) is 6.95. The predicted molar refractivity (Wildman–Crippen MR) is 92.7 cm³/mol. The molecule has 1 heterocycles. The molecule has 2 rings (SSSR count). The number of benzene rings is 1. The molecule has 0 amide bonds. The van der Waals surface area contributed by atoms with Crippen LogP contribution in [0.25, 0.3) is 5.83 Å². The number of allylic oxidation sites excluding steroid dienone is 1. The Morgan fingerprint density at radius 2 is 2.04 bits per heavy atom. The van der Waals surface area contributed by atoms with Crippen LogP contribution in [0.5, 0.6) is 0 Å². The van der Waals surface area contributed by atoms with Gasteiger partial charge in [0.2, 0.25) is 0 Å². The molecule has 1 aromatic carbocycles. The van der Waals surface area contributed by atoms with Gasteiger partial charge < -0.3 is 9.94 Å². The zero-order valence-corrected chi connectivity index (χ0v) is 15.0. The highest BCUT2D eigenvalue weighted by Crippen LogP contribution is 2.29. The number of carbonyl (C=O) groups is 1. The lowest BCUT2D eigenvalue weighted by Gasteiger charge is -2.24. The summed E-state index contributed by atoms with van der Waals surface area (Å²) in [4.78, 5) is 16.7. The Labute approximate surface area is 145 Å². The van der Waals surface area contributed by atoms with Gasteiger partial charge in [-0.15, -0.1) is 0 Å². The zero-order valence-electron chi connectivity index (χ0n) is 14.2. The molecule has 1 N–H and O–H groups in total. The van der Waals surface area contributed by atoms with Gasteiger partial charge in [-0.2, -0.15) is 0 Å². The molecule has 1 aliphatic rings. The standard InChI is InChI=1S/C17H20FNO5S/c1-4-14(18)11-5-7-12(8-6-11)15-9-13(24-19-15)10-17(2,16(20)21)25(3,22)23/h4-8,13H,9-10H2,1-3H3,(H,20,21)/b14-4-/t13-,17?/m1/s1. The molecule has 0 spiro atoms. The van der Waals surface area contributed by atoms with Crippen molar-refractivity contribution in [2.45, 2.75) is 37.5 Å². The Bertz CT molecular complexity index is 829. The summed E-state index contributed by atoms with van der Waals surface area (Å²) in [5.74, 6) is -1.75. The Morgan fingerprint density at radius 1 is 1.44 bits per heavy atom. The van der Waals surface area contributed by atoms with Crippen molar-refractivity contribution in [3.63, 3.8) is 0 Å². The predicted octanol–water partition coefficient (Wildman–Crippen LogP) is 2.79. The third kappa shape index (κ3) is 3.89. The van der Waals surface area contributed by atoms with Gasteiger partial charge in [-0.3, -0.25) is 4.79 Å². The lowest BCUT2D eigenvalue weighted by molar-refractivity contribution is -0.140. The number of carboxylic acids is 1.